The molecule has 1 amide bonds. The molecular formula is C13H10FN3O3. The van der Waals surface area contributed by atoms with E-state index < -0.39 is 16.6 Å². The molecule has 0 aliphatic carbocycles. The number of nitro groups is 1. The predicted octanol–water partition coefficient (Wildman–Crippen LogP) is 2.06. The number of hydrogen-bond acceptors (Lipinski definition) is 4. The van der Waals surface area contributed by atoms with Gasteiger partial charge in [0.25, 0.3) is 11.6 Å². The Morgan fingerprint density at radius 2 is 2.15 bits per heavy atom. The highest BCUT2D eigenvalue weighted by Gasteiger charge is 2.16. The molecule has 0 fully saturated rings. The van der Waals surface area contributed by atoms with Crippen molar-refractivity contribution in [2.45, 2.75) is 6.54 Å². The summed E-state index contributed by atoms with van der Waals surface area (Å²) in [7, 11) is 0. The van der Waals surface area contributed by atoms with Crippen LogP contribution in [0, 0.1) is 15.9 Å². The van der Waals surface area contributed by atoms with Gasteiger partial charge in [-0.3, -0.25) is 19.9 Å². The summed E-state index contributed by atoms with van der Waals surface area (Å²) in [6, 6.07) is 7.99. The number of nitrogens with zero attached hydrogens (tertiary/aromatic N) is 2. The number of nitrogens with one attached hydrogen (secondary N) is 1. The first-order valence-corrected chi connectivity index (χ1v) is 5.70. The molecule has 102 valence electrons. The lowest BCUT2D eigenvalue weighted by atomic mass is 10.1. The van der Waals surface area contributed by atoms with Crippen LogP contribution in [0.1, 0.15) is 16.1 Å². The molecule has 0 radical (unpaired) electrons. The van der Waals surface area contributed by atoms with Gasteiger partial charge in [-0.15, -0.1) is 0 Å². The van der Waals surface area contributed by atoms with Crippen molar-refractivity contribution in [3.63, 3.8) is 0 Å². The molecular weight excluding hydrogens is 265 g/mol. The van der Waals surface area contributed by atoms with Crippen LogP contribution in [0.25, 0.3) is 0 Å². The van der Waals surface area contributed by atoms with E-state index in [9.17, 15) is 19.3 Å². The molecule has 1 N–H and O–H groups in total. The van der Waals surface area contributed by atoms with Gasteiger partial charge in [-0.1, -0.05) is 6.07 Å². The SMILES string of the molecule is O=C(NCc1ccccn1)c1cc([N+](=O)[O-])ccc1F. The minimum Gasteiger partial charge on any atom is -0.346 e. The van der Waals surface area contributed by atoms with Gasteiger partial charge in [0, 0.05) is 18.3 Å². The first kappa shape index (κ1) is 13.6. The number of rotatable bonds is 4. The summed E-state index contributed by atoms with van der Waals surface area (Å²) in [6.07, 6.45) is 1.56. The molecule has 0 aliphatic rings. The van der Waals surface area contributed by atoms with E-state index in [4.69, 9.17) is 0 Å². The third-order valence-corrected chi connectivity index (χ3v) is 2.56. The number of hydrogen-bond donors (Lipinski definition) is 1. The zero-order valence-corrected chi connectivity index (χ0v) is 10.2. The molecule has 1 aromatic carbocycles. The lowest BCUT2D eigenvalue weighted by molar-refractivity contribution is -0.384. The normalized spacial score (nSPS) is 10.1. The van der Waals surface area contributed by atoms with E-state index in [0.717, 1.165) is 18.2 Å². The standard InChI is InChI=1S/C13H10FN3O3/c14-12-5-4-10(17(19)20)7-11(12)13(18)16-8-9-3-1-2-6-15-9/h1-7H,8H2,(H,16,18). The Labute approximate surface area is 113 Å². The second kappa shape index (κ2) is 5.87. The van der Waals surface area contributed by atoms with Gasteiger partial charge >= 0.3 is 0 Å². The van der Waals surface area contributed by atoms with Gasteiger partial charge in [0.1, 0.15) is 5.82 Å². The number of benzene rings is 1. The molecule has 1 heterocycles. The highest BCUT2D eigenvalue weighted by atomic mass is 19.1. The zero-order valence-electron chi connectivity index (χ0n) is 10.2. The van der Waals surface area contributed by atoms with Crippen molar-refractivity contribution in [1.29, 1.82) is 0 Å². The molecule has 0 atom stereocenters. The number of carbonyl (C=O) groups excluding carboxylic acids is 1. The molecule has 0 saturated heterocycles. The van der Waals surface area contributed by atoms with E-state index in [1.807, 2.05) is 0 Å². The van der Waals surface area contributed by atoms with Crippen molar-refractivity contribution in [1.82, 2.24) is 10.3 Å². The minimum atomic E-state index is -0.811. The van der Waals surface area contributed by atoms with Crippen molar-refractivity contribution in [3.8, 4) is 0 Å². The maximum Gasteiger partial charge on any atom is 0.270 e. The van der Waals surface area contributed by atoms with E-state index >= 15 is 0 Å². The van der Waals surface area contributed by atoms with Gasteiger partial charge < -0.3 is 5.32 Å². The van der Waals surface area contributed by atoms with Gasteiger partial charge in [-0.2, -0.15) is 0 Å². The first-order chi connectivity index (χ1) is 9.58. The Bertz CT molecular complexity index is 647. The monoisotopic (exact) mass is 275 g/mol. The molecule has 20 heavy (non-hydrogen) atoms. The fourth-order valence-corrected chi connectivity index (χ4v) is 1.57. The Kier molecular flexibility index (Phi) is 3.99. The Morgan fingerprint density at radius 3 is 2.80 bits per heavy atom. The van der Waals surface area contributed by atoms with E-state index in [1.165, 1.54) is 0 Å². The average molecular weight is 275 g/mol. The lowest BCUT2D eigenvalue weighted by Gasteiger charge is -2.05. The number of amides is 1. The van der Waals surface area contributed by atoms with Crippen LogP contribution in [0.5, 0.6) is 0 Å². The highest BCUT2D eigenvalue weighted by Crippen LogP contribution is 2.16. The molecule has 0 bridgehead atoms. The van der Waals surface area contributed by atoms with Gasteiger partial charge in [0.05, 0.1) is 22.7 Å². The van der Waals surface area contributed by atoms with Gasteiger partial charge in [-0.25, -0.2) is 4.39 Å². The number of aromatic nitrogens is 1. The third-order valence-electron chi connectivity index (χ3n) is 2.56. The molecule has 1 aromatic heterocycles. The minimum absolute atomic E-state index is 0.113. The Morgan fingerprint density at radius 1 is 1.35 bits per heavy atom. The highest BCUT2D eigenvalue weighted by molar-refractivity contribution is 5.95. The maximum atomic E-state index is 13.5. The number of non-ortho nitro benzene ring substituents is 1. The van der Waals surface area contributed by atoms with Crippen LogP contribution in [-0.4, -0.2) is 15.8 Å². The quantitative estimate of drug-likeness (QED) is 0.683. The summed E-state index contributed by atoms with van der Waals surface area (Å²) in [4.78, 5) is 25.7. The van der Waals surface area contributed by atoms with Crippen LogP contribution >= 0.6 is 0 Å². The van der Waals surface area contributed by atoms with Gasteiger partial charge in [0.15, 0.2) is 0 Å². The number of pyridine rings is 1. The number of nitro benzene ring substituents is 1. The fraction of sp³-hybridized carbons (Fsp3) is 0.0769. The molecule has 0 aliphatic heterocycles. The van der Waals surface area contributed by atoms with Crippen LogP contribution in [0.4, 0.5) is 10.1 Å². The third kappa shape index (κ3) is 3.14. The lowest BCUT2D eigenvalue weighted by Crippen LogP contribution is -2.24. The van der Waals surface area contributed by atoms with Gasteiger partial charge in [0.2, 0.25) is 0 Å². The van der Waals surface area contributed by atoms with Crippen LogP contribution < -0.4 is 5.32 Å². The maximum absolute atomic E-state index is 13.5. The van der Waals surface area contributed by atoms with E-state index in [2.05, 4.69) is 10.3 Å². The summed E-state index contributed by atoms with van der Waals surface area (Å²) < 4.78 is 13.5. The number of carbonyl (C=O) groups is 1. The summed E-state index contributed by atoms with van der Waals surface area (Å²) in [5, 5.41) is 13.1. The van der Waals surface area contributed by atoms with Gasteiger partial charge in [-0.05, 0) is 18.2 Å². The average Bonchev–Trinajstić information content (AvgIpc) is 2.46. The largest absolute Gasteiger partial charge is 0.346 e. The van der Waals surface area contributed by atoms with Crippen molar-refractivity contribution in [3.05, 3.63) is 69.8 Å². The van der Waals surface area contributed by atoms with E-state index in [0.29, 0.717) is 5.69 Å². The molecule has 2 aromatic rings. The molecule has 0 saturated carbocycles. The van der Waals surface area contributed by atoms with Crippen molar-refractivity contribution < 1.29 is 14.1 Å². The number of halogens is 1. The summed E-state index contributed by atoms with van der Waals surface area (Å²) in [5.41, 5.74) is -0.101. The summed E-state index contributed by atoms with van der Waals surface area (Å²) >= 11 is 0. The zero-order chi connectivity index (χ0) is 14.5. The summed E-state index contributed by atoms with van der Waals surface area (Å²) in [6.45, 7) is 0.113. The van der Waals surface area contributed by atoms with Crippen molar-refractivity contribution in [2.24, 2.45) is 0 Å². The van der Waals surface area contributed by atoms with Crippen LogP contribution in [0.3, 0.4) is 0 Å². The first-order valence-electron chi connectivity index (χ1n) is 5.70. The molecule has 7 heteroatoms. The topological polar surface area (TPSA) is 85.1 Å². The van der Waals surface area contributed by atoms with E-state index in [-0.39, 0.29) is 17.8 Å². The smallest absolute Gasteiger partial charge is 0.270 e. The molecule has 0 unspecified atom stereocenters. The Hall–Kier alpha value is -2.83. The van der Waals surface area contributed by atoms with E-state index in [1.54, 1.807) is 24.4 Å². The Balaban J connectivity index is 2.13. The second-order valence-corrected chi connectivity index (χ2v) is 3.93. The van der Waals surface area contributed by atoms with Crippen LogP contribution in [-0.2, 0) is 6.54 Å². The predicted molar refractivity (Wildman–Crippen MR) is 68.5 cm³/mol. The molecule has 2 rings (SSSR count). The molecule has 6 nitrogen and oxygen atoms in total. The fourth-order valence-electron chi connectivity index (χ4n) is 1.57. The van der Waals surface area contributed by atoms with Crippen molar-refractivity contribution >= 4 is 11.6 Å². The summed E-state index contributed by atoms with van der Waals surface area (Å²) in [5.74, 6) is -1.54. The second-order valence-electron chi connectivity index (χ2n) is 3.93. The van der Waals surface area contributed by atoms with Crippen LogP contribution in [0.2, 0.25) is 0 Å². The van der Waals surface area contributed by atoms with Crippen molar-refractivity contribution in [2.75, 3.05) is 0 Å². The van der Waals surface area contributed by atoms with Crippen LogP contribution in [0.15, 0.2) is 42.6 Å². The molecule has 0 spiro atoms.